The fourth-order valence-corrected chi connectivity index (χ4v) is 3.08. The van der Waals surface area contributed by atoms with E-state index in [1.165, 1.54) is 12.1 Å². The summed E-state index contributed by atoms with van der Waals surface area (Å²) in [4.78, 5) is 24.6. The van der Waals surface area contributed by atoms with E-state index in [0.29, 0.717) is 32.6 Å². The first-order valence-corrected chi connectivity index (χ1v) is 10.4. The highest BCUT2D eigenvalue weighted by Crippen LogP contribution is 2.26. The summed E-state index contributed by atoms with van der Waals surface area (Å²) >= 11 is 15.3. The Labute approximate surface area is 197 Å². The fraction of sp³-hybridized carbons (Fsp3) is 0. The van der Waals surface area contributed by atoms with E-state index in [1.54, 1.807) is 60.7 Å². The standard InChI is InChI=1S/C23H13BrCl2N2O3/c24-17-5-3-15(4-6-17)23(30)31-19-8-1-14(2-9-19)11-16(13-27)22(29)28-21-12-18(25)7-10-20(21)26/h1-12H,(H,28,29). The molecular formula is C23H13BrCl2N2O3. The first kappa shape index (κ1) is 22.6. The van der Waals surface area contributed by atoms with Gasteiger partial charge in [0.25, 0.3) is 5.91 Å². The Kier molecular flexibility index (Phi) is 7.48. The van der Waals surface area contributed by atoms with Gasteiger partial charge in [-0.2, -0.15) is 5.26 Å². The van der Waals surface area contributed by atoms with Crippen LogP contribution in [0.15, 0.2) is 76.8 Å². The number of nitriles is 1. The van der Waals surface area contributed by atoms with Crippen molar-refractivity contribution in [2.75, 3.05) is 5.32 Å². The highest BCUT2D eigenvalue weighted by Gasteiger charge is 2.13. The average Bonchev–Trinajstić information content (AvgIpc) is 2.76. The van der Waals surface area contributed by atoms with Crippen LogP contribution in [0.5, 0.6) is 5.75 Å². The van der Waals surface area contributed by atoms with Crippen molar-refractivity contribution in [2.45, 2.75) is 0 Å². The topological polar surface area (TPSA) is 79.2 Å². The number of nitrogens with zero attached hydrogens (tertiary/aromatic N) is 1. The Hall–Kier alpha value is -3.11. The van der Waals surface area contributed by atoms with E-state index in [1.807, 2.05) is 6.07 Å². The third-order valence-corrected chi connectivity index (χ3v) is 5.12. The summed E-state index contributed by atoms with van der Waals surface area (Å²) in [5, 5.41) is 12.6. The van der Waals surface area contributed by atoms with Gasteiger partial charge in [-0.05, 0) is 66.2 Å². The summed E-state index contributed by atoms with van der Waals surface area (Å²) in [5.74, 6) is -0.789. The quantitative estimate of drug-likeness (QED) is 0.181. The minimum absolute atomic E-state index is 0.129. The van der Waals surface area contributed by atoms with Gasteiger partial charge in [-0.3, -0.25) is 4.79 Å². The van der Waals surface area contributed by atoms with Crippen molar-refractivity contribution in [1.82, 2.24) is 0 Å². The maximum atomic E-state index is 12.4. The Balaban J connectivity index is 1.70. The molecule has 31 heavy (non-hydrogen) atoms. The van der Waals surface area contributed by atoms with Crippen molar-refractivity contribution in [1.29, 1.82) is 5.26 Å². The molecule has 0 heterocycles. The second-order valence-electron chi connectivity index (χ2n) is 6.21. The summed E-state index contributed by atoms with van der Waals surface area (Å²) in [6.07, 6.45) is 1.41. The number of carbonyl (C=O) groups is 2. The van der Waals surface area contributed by atoms with Crippen LogP contribution in [0.4, 0.5) is 5.69 Å². The van der Waals surface area contributed by atoms with Gasteiger partial charge in [0.05, 0.1) is 16.3 Å². The number of nitrogens with one attached hydrogen (secondary N) is 1. The molecule has 0 aliphatic rings. The zero-order valence-electron chi connectivity index (χ0n) is 15.7. The number of amides is 1. The van der Waals surface area contributed by atoms with Crippen molar-refractivity contribution < 1.29 is 14.3 Å². The normalized spacial score (nSPS) is 10.8. The molecular weight excluding hydrogens is 503 g/mol. The van der Waals surface area contributed by atoms with Crippen LogP contribution in [-0.2, 0) is 4.79 Å². The van der Waals surface area contributed by atoms with Gasteiger partial charge in [0.1, 0.15) is 17.4 Å². The second-order valence-corrected chi connectivity index (χ2v) is 7.97. The third kappa shape index (κ3) is 6.19. The molecule has 0 aliphatic carbocycles. The molecule has 3 rings (SSSR count). The maximum absolute atomic E-state index is 12.4. The molecule has 0 aliphatic heterocycles. The number of rotatable bonds is 5. The number of esters is 1. The minimum Gasteiger partial charge on any atom is -0.423 e. The van der Waals surface area contributed by atoms with Crippen molar-refractivity contribution in [3.05, 3.63) is 97.9 Å². The molecule has 0 saturated heterocycles. The number of anilines is 1. The first-order valence-electron chi connectivity index (χ1n) is 8.82. The van der Waals surface area contributed by atoms with Crippen LogP contribution in [0, 0.1) is 11.3 Å². The number of ether oxygens (including phenoxy) is 1. The van der Waals surface area contributed by atoms with Crippen LogP contribution in [0.25, 0.3) is 6.08 Å². The van der Waals surface area contributed by atoms with Gasteiger partial charge < -0.3 is 10.1 Å². The monoisotopic (exact) mass is 514 g/mol. The van der Waals surface area contributed by atoms with Gasteiger partial charge in [-0.25, -0.2) is 4.79 Å². The SMILES string of the molecule is N#CC(=Cc1ccc(OC(=O)c2ccc(Br)cc2)cc1)C(=O)Nc1cc(Cl)ccc1Cl. The van der Waals surface area contributed by atoms with E-state index < -0.39 is 11.9 Å². The Morgan fingerprint density at radius 2 is 1.68 bits per heavy atom. The summed E-state index contributed by atoms with van der Waals surface area (Å²) in [6.45, 7) is 0. The van der Waals surface area contributed by atoms with Crippen molar-refractivity contribution in [3.63, 3.8) is 0 Å². The van der Waals surface area contributed by atoms with Gasteiger partial charge in [0.2, 0.25) is 0 Å². The van der Waals surface area contributed by atoms with E-state index in [-0.39, 0.29) is 5.57 Å². The Morgan fingerprint density at radius 1 is 1.00 bits per heavy atom. The molecule has 5 nitrogen and oxygen atoms in total. The van der Waals surface area contributed by atoms with Crippen LogP contribution in [0.3, 0.4) is 0 Å². The highest BCUT2D eigenvalue weighted by molar-refractivity contribution is 9.10. The first-order chi connectivity index (χ1) is 14.9. The largest absolute Gasteiger partial charge is 0.423 e. The molecule has 0 bridgehead atoms. The maximum Gasteiger partial charge on any atom is 0.343 e. The molecule has 0 saturated carbocycles. The van der Waals surface area contributed by atoms with Gasteiger partial charge in [-0.15, -0.1) is 0 Å². The van der Waals surface area contributed by atoms with Crippen LogP contribution in [-0.4, -0.2) is 11.9 Å². The van der Waals surface area contributed by atoms with E-state index >= 15 is 0 Å². The lowest BCUT2D eigenvalue weighted by molar-refractivity contribution is -0.112. The predicted molar refractivity (Wildman–Crippen MR) is 124 cm³/mol. The molecule has 0 aromatic heterocycles. The van der Waals surface area contributed by atoms with Gasteiger partial charge in [-0.1, -0.05) is 51.3 Å². The molecule has 1 amide bonds. The molecule has 8 heteroatoms. The van der Waals surface area contributed by atoms with Crippen LogP contribution < -0.4 is 10.1 Å². The smallest absolute Gasteiger partial charge is 0.343 e. The van der Waals surface area contributed by atoms with E-state index in [9.17, 15) is 14.9 Å². The van der Waals surface area contributed by atoms with Gasteiger partial charge >= 0.3 is 5.97 Å². The van der Waals surface area contributed by atoms with E-state index in [2.05, 4.69) is 21.2 Å². The van der Waals surface area contributed by atoms with Gasteiger partial charge in [0, 0.05) is 9.50 Å². The molecule has 154 valence electrons. The summed E-state index contributed by atoms with van der Waals surface area (Å²) in [7, 11) is 0. The molecule has 0 unspecified atom stereocenters. The number of carbonyl (C=O) groups excluding carboxylic acids is 2. The molecule has 0 spiro atoms. The molecule has 3 aromatic carbocycles. The zero-order chi connectivity index (χ0) is 22.4. The lowest BCUT2D eigenvalue weighted by atomic mass is 10.1. The molecule has 0 atom stereocenters. The Bertz CT molecular complexity index is 1200. The molecule has 1 N–H and O–H groups in total. The highest BCUT2D eigenvalue weighted by atomic mass is 79.9. The fourth-order valence-electron chi connectivity index (χ4n) is 2.48. The summed E-state index contributed by atoms with van der Waals surface area (Å²) in [5.41, 5.74) is 1.16. The Morgan fingerprint density at radius 3 is 2.32 bits per heavy atom. The minimum atomic E-state index is -0.627. The summed E-state index contributed by atoms with van der Waals surface area (Å²) < 4.78 is 6.19. The number of hydrogen-bond donors (Lipinski definition) is 1. The lowest BCUT2D eigenvalue weighted by Gasteiger charge is -2.07. The van der Waals surface area contributed by atoms with Crippen molar-refractivity contribution in [3.8, 4) is 11.8 Å². The molecule has 3 aromatic rings. The van der Waals surface area contributed by atoms with Crippen molar-refractivity contribution >= 4 is 62.8 Å². The van der Waals surface area contributed by atoms with Crippen molar-refractivity contribution in [2.24, 2.45) is 0 Å². The van der Waals surface area contributed by atoms with E-state index in [4.69, 9.17) is 27.9 Å². The summed E-state index contributed by atoms with van der Waals surface area (Å²) in [6, 6.07) is 19.7. The van der Waals surface area contributed by atoms with Crippen LogP contribution >= 0.6 is 39.1 Å². The average molecular weight is 516 g/mol. The second kappa shape index (κ2) is 10.3. The number of hydrogen-bond acceptors (Lipinski definition) is 4. The third-order valence-electron chi connectivity index (χ3n) is 4.02. The number of halogens is 3. The molecule has 0 radical (unpaired) electrons. The predicted octanol–water partition coefficient (Wildman–Crippen LogP) is 6.52. The van der Waals surface area contributed by atoms with Crippen LogP contribution in [0.1, 0.15) is 15.9 Å². The lowest BCUT2D eigenvalue weighted by Crippen LogP contribution is -2.13. The van der Waals surface area contributed by atoms with Gasteiger partial charge in [0.15, 0.2) is 0 Å². The van der Waals surface area contributed by atoms with E-state index in [0.717, 1.165) is 4.47 Å². The zero-order valence-corrected chi connectivity index (χ0v) is 18.8. The van der Waals surface area contributed by atoms with Crippen LogP contribution in [0.2, 0.25) is 10.0 Å². The number of benzene rings is 3. The molecule has 0 fully saturated rings.